The van der Waals surface area contributed by atoms with Crippen LogP contribution in [-0.4, -0.2) is 25.0 Å². The highest BCUT2D eigenvalue weighted by atomic mass is 16.1. The standard InChI is InChI=1S/C12H24N2O/c1-5-11(8(2)3)14-12(15)9(4)10-6-13-7-10/h8-11,13H,5-7H2,1-4H3,(H,14,15). The Bertz CT molecular complexity index is 212. The molecule has 1 aliphatic rings. The molecule has 2 atom stereocenters. The molecule has 1 saturated heterocycles. The van der Waals surface area contributed by atoms with Crippen molar-refractivity contribution in [3.63, 3.8) is 0 Å². The minimum Gasteiger partial charge on any atom is -0.353 e. The summed E-state index contributed by atoms with van der Waals surface area (Å²) in [6.07, 6.45) is 1.01. The van der Waals surface area contributed by atoms with E-state index in [9.17, 15) is 4.79 Å². The molecule has 15 heavy (non-hydrogen) atoms. The second-order valence-electron chi connectivity index (χ2n) is 4.97. The molecule has 0 aromatic rings. The van der Waals surface area contributed by atoms with Crippen LogP contribution in [0.3, 0.4) is 0 Å². The minimum absolute atomic E-state index is 0.152. The molecule has 2 N–H and O–H groups in total. The molecule has 0 bridgehead atoms. The van der Waals surface area contributed by atoms with Crippen LogP contribution in [0.2, 0.25) is 0 Å². The predicted molar refractivity (Wildman–Crippen MR) is 62.6 cm³/mol. The number of carbonyl (C=O) groups is 1. The van der Waals surface area contributed by atoms with Crippen LogP contribution in [0.1, 0.15) is 34.1 Å². The molecule has 1 aliphatic heterocycles. The molecule has 1 fully saturated rings. The van der Waals surface area contributed by atoms with E-state index >= 15 is 0 Å². The van der Waals surface area contributed by atoms with Crippen LogP contribution in [0, 0.1) is 17.8 Å². The molecular weight excluding hydrogens is 188 g/mol. The first kappa shape index (κ1) is 12.5. The van der Waals surface area contributed by atoms with Crippen LogP contribution in [0.5, 0.6) is 0 Å². The third-order valence-electron chi connectivity index (χ3n) is 3.51. The first-order valence-corrected chi connectivity index (χ1v) is 6.07. The van der Waals surface area contributed by atoms with Gasteiger partial charge in [0.15, 0.2) is 0 Å². The number of amides is 1. The molecule has 2 unspecified atom stereocenters. The average Bonchev–Trinajstić information content (AvgIpc) is 2.10. The van der Waals surface area contributed by atoms with E-state index < -0.39 is 0 Å². The van der Waals surface area contributed by atoms with Crippen molar-refractivity contribution >= 4 is 5.91 Å². The van der Waals surface area contributed by atoms with Gasteiger partial charge in [-0.25, -0.2) is 0 Å². The van der Waals surface area contributed by atoms with Crippen LogP contribution in [0.25, 0.3) is 0 Å². The normalized spacial score (nSPS) is 20.9. The highest BCUT2D eigenvalue weighted by Gasteiger charge is 2.29. The molecule has 0 radical (unpaired) electrons. The summed E-state index contributed by atoms with van der Waals surface area (Å²) in [4.78, 5) is 11.9. The zero-order valence-electron chi connectivity index (χ0n) is 10.3. The Kier molecular flexibility index (Phi) is 4.58. The molecule has 0 aromatic heterocycles. The van der Waals surface area contributed by atoms with E-state index in [1.165, 1.54) is 0 Å². The summed E-state index contributed by atoms with van der Waals surface area (Å²) >= 11 is 0. The van der Waals surface area contributed by atoms with E-state index in [0.29, 0.717) is 17.9 Å². The Hall–Kier alpha value is -0.570. The average molecular weight is 212 g/mol. The third-order valence-corrected chi connectivity index (χ3v) is 3.51. The first-order valence-electron chi connectivity index (χ1n) is 6.07. The van der Waals surface area contributed by atoms with Crippen LogP contribution in [0.15, 0.2) is 0 Å². The van der Waals surface area contributed by atoms with Crippen molar-refractivity contribution in [1.82, 2.24) is 10.6 Å². The summed E-state index contributed by atoms with van der Waals surface area (Å²) in [5, 5.41) is 6.36. The minimum atomic E-state index is 0.152. The van der Waals surface area contributed by atoms with Crippen LogP contribution in [0.4, 0.5) is 0 Å². The Morgan fingerprint density at radius 3 is 2.33 bits per heavy atom. The molecule has 1 amide bonds. The van der Waals surface area contributed by atoms with Gasteiger partial charge in [0.25, 0.3) is 0 Å². The number of carbonyl (C=O) groups excluding carboxylic acids is 1. The summed E-state index contributed by atoms with van der Waals surface area (Å²) in [7, 11) is 0. The highest BCUT2D eigenvalue weighted by Crippen LogP contribution is 2.17. The summed E-state index contributed by atoms with van der Waals surface area (Å²) in [6, 6.07) is 0.327. The van der Waals surface area contributed by atoms with Crippen molar-refractivity contribution in [2.45, 2.75) is 40.2 Å². The second kappa shape index (κ2) is 5.50. The molecule has 3 nitrogen and oxygen atoms in total. The van der Waals surface area contributed by atoms with Crippen LogP contribution in [-0.2, 0) is 4.79 Å². The van der Waals surface area contributed by atoms with Gasteiger partial charge in [-0.3, -0.25) is 4.79 Å². The molecule has 0 aromatic carbocycles. The van der Waals surface area contributed by atoms with E-state index in [2.05, 4.69) is 31.4 Å². The second-order valence-corrected chi connectivity index (χ2v) is 4.97. The van der Waals surface area contributed by atoms with Crippen LogP contribution < -0.4 is 10.6 Å². The fourth-order valence-corrected chi connectivity index (χ4v) is 1.93. The van der Waals surface area contributed by atoms with Gasteiger partial charge in [0.05, 0.1) is 0 Å². The Morgan fingerprint density at radius 1 is 1.40 bits per heavy atom. The third kappa shape index (κ3) is 3.20. The molecule has 0 aliphatic carbocycles. The number of rotatable bonds is 5. The summed E-state index contributed by atoms with van der Waals surface area (Å²) in [6.45, 7) is 10.5. The molecule has 88 valence electrons. The van der Waals surface area contributed by atoms with Gasteiger partial charge in [-0.2, -0.15) is 0 Å². The Balaban J connectivity index is 2.38. The van der Waals surface area contributed by atoms with E-state index in [0.717, 1.165) is 19.5 Å². The molecule has 3 heteroatoms. The maximum atomic E-state index is 11.9. The van der Waals surface area contributed by atoms with Gasteiger partial charge in [0.1, 0.15) is 0 Å². The van der Waals surface area contributed by atoms with E-state index in [-0.39, 0.29) is 11.8 Å². The molecule has 1 heterocycles. The van der Waals surface area contributed by atoms with Crippen molar-refractivity contribution in [3.05, 3.63) is 0 Å². The summed E-state index contributed by atoms with van der Waals surface area (Å²) < 4.78 is 0. The van der Waals surface area contributed by atoms with Crippen molar-refractivity contribution in [2.24, 2.45) is 17.8 Å². The maximum Gasteiger partial charge on any atom is 0.223 e. The Labute approximate surface area is 93.0 Å². The predicted octanol–water partition coefficient (Wildman–Crippen LogP) is 1.39. The molecule has 0 spiro atoms. The fourth-order valence-electron chi connectivity index (χ4n) is 1.93. The van der Waals surface area contributed by atoms with Gasteiger partial charge in [0, 0.05) is 12.0 Å². The van der Waals surface area contributed by atoms with Gasteiger partial charge in [0.2, 0.25) is 5.91 Å². The number of nitrogens with one attached hydrogen (secondary N) is 2. The van der Waals surface area contributed by atoms with Gasteiger partial charge < -0.3 is 10.6 Å². The largest absolute Gasteiger partial charge is 0.353 e. The molecular formula is C12H24N2O. The SMILES string of the molecule is CCC(NC(=O)C(C)C1CNC1)C(C)C. The van der Waals surface area contributed by atoms with Gasteiger partial charge >= 0.3 is 0 Å². The zero-order valence-corrected chi connectivity index (χ0v) is 10.3. The van der Waals surface area contributed by atoms with Crippen molar-refractivity contribution < 1.29 is 4.79 Å². The lowest BCUT2D eigenvalue weighted by Gasteiger charge is -2.33. The maximum absolute atomic E-state index is 11.9. The monoisotopic (exact) mass is 212 g/mol. The summed E-state index contributed by atoms with van der Waals surface area (Å²) in [5.41, 5.74) is 0. The lowest BCUT2D eigenvalue weighted by atomic mass is 9.87. The lowest BCUT2D eigenvalue weighted by Crippen LogP contribution is -2.51. The zero-order chi connectivity index (χ0) is 11.4. The van der Waals surface area contributed by atoms with Gasteiger partial charge in [-0.15, -0.1) is 0 Å². The van der Waals surface area contributed by atoms with Crippen LogP contribution >= 0.6 is 0 Å². The first-order chi connectivity index (χ1) is 7.06. The van der Waals surface area contributed by atoms with E-state index in [1.54, 1.807) is 0 Å². The van der Waals surface area contributed by atoms with Crippen molar-refractivity contribution in [1.29, 1.82) is 0 Å². The van der Waals surface area contributed by atoms with E-state index in [1.807, 2.05) is 6.92 Å². The summed E-state index contributed by atoms with van der Waals surface area (Å²) in [5.74, 6) is 1.43. The molecule has 1 rings (SSSR count). The van der Waals surface area contributed by atoms with Gasteiger partial charge in [-0.1, -0.05) is 27.7 Å². The van der Waals surface area contributed by atoms with Gasteiger partial charge in [-0.05, 0) is 31.3 Å². The van der Waals surface area contributed by atoms with Crippen molar-refractivity contribution in [2.75, 3.05) is 13.1 Å². The quantitative estimate of drug-likeness (QED) is 0.723. The van der Waals surface area contributed by atoms with E-state index in [4.69, 9.17) is 0 Å². The topological polar surface area (TPSA) is 41.1 Å². The highest BCUT2D eigenvalue weighted by molar-refractivity contribution is 5.79. The number of hydrogen-bond acceptors (Lipinski definition) is 2. The number of hydrogen-bond donors (Lipinski definition) is 2. The van der Waals surface area contributed by atoms with Crippen molar-refractivity contribution in [3.8, 4) is 0 Å². The molecule has 0 saturated carbocycles. The lowest BCUT2D eigenvalue weighted by molar-refractivity contribution is -0.127. The fraction of sp³-hybridized carbons (Fsp3) is 0.917. The smallest absolute Gasteiger partial charge is 0.223 e. The Morgan fingerprint density at radius 2 is 2.00 bits per heavy atom.